The van der Waals surface area contributed by atoms with Gasteiger partial charge in [-0.05, 0) is 0 Å². The summed E-state index contributed by atoms with van der Waals surface area (Å²) in [5.41, 5.74) is 6.28. The first-order chi connectivity index (χ1) is 8.99. The number of rotatable bonds is 4. The number of anilines is 2. The van der Waals surface area contributed by atoms with Crippen LogP contribution in [0.25, 0.3) is 0 Å². The van der Waals surface area contributed by atoms with Crippen molar-refractivity contribution in [3.05, 3.63) is 4.88 Å². The predicted molar refractivity (Wildman–Crippen MR) is 74.1 cm³/mol. The monoisotopic (exact) mass is 286 g/mol. The van der Waals surface area contributed by atoms with Crippen molar-refractivity contribution in [2.45, 2.75) is 25.6 Å². The van der Waals surface area contributed by atoms with Crippen molar-refractivity contribution in [2.24, 2.45) is 0 Å². The highest BCUT2D eigenvalue weighted by Gasteiger charge is 2.34. The topological polar surface area (TPSA) is 96.0 Å². The molecule has 0 radical (unpaired) electrons. The second-order valence-corrected chi connectivity index (χ2v) is 5.50. The van der Waals surface area contributed by atoms with Crippen LogP contribution >= 0.6 is 11.3 Å². The largest absolute Gasteiger partial charge is 0.492 e. The van der Waals surface area contributed by atoms with E-state index < -0.39 is 12.2 Å². The number of thiophene rings is 1. The fourth-order valence-corrected chi connectivity index (χ4v) is 3.34. The molecule has 0 amide bonds. The molecule has 1 aliphatic heterocycles. The number of methoxy groups -OCH3 is 1. The Balaban J connectivity index is 2.38. The third-order valence-corrected chi connectivity index (χ3v) is 4.50. The molecule has 0 spiro atoms. The molecule has 2 rings (SSSR count). The number of ketones is 1. The number of aliphatic hydroxyl groups excluding tert-OH is 2. The number of aliphatic hydroxyl groups is 2. The smallest absolute Gasteiger partial charge is 0.177 e. The zero-order chi connectivity index (χ0) is 14.2. The maximum atomic E-state index is 11.8. The Hall–Kier alpha value is -1.31. The number of carbonyl (C=O) groups is 1. The van der Waals surface area contributed by atoms with Crippen molar-refractivity contribution in [1.29, 1.82) is 0 Å². The zero-order valence-corrected chi connectivity index (χ0v) is 11.7. The molecule has 0 bridgehead atoms. The van der Waals surface area contributed by atoms with E-state index in [9.17, 15) is 15.0 Å². The molecular formula is C12H18N2O4S. The van der Waals surface area contributed by atoms with Crippen LogP contribution in [0.3, 0.4) is 0 Å². The van der Waals surface area contributed by atoms with Crippen molar-refractivity contribution in [1.82, 2.24) is 0 Å². The van der Waals surface area contributed by atoms with E-state index in [2.05, 4.69) is 0 Å². The fraction of sp³-hybridized carbons (Fsp3) is 0.583. The minimum Gasteiger partial charge on any atom is -0.492 e. The zero-order valence-electron chi connectivity index (χ0n) is 10.9. The highest BCUT2D eigenvalue weighted by atomic mass is 32.1. The lowest BCUT2D eigenvalue weighted by molar-refractivity contribution is 0.0572. The minimum absolute atomic E-state index is 0.0349. The van der Waals surface area contributed by atoms with Gasteiger partial charge in [0.2, 0.25) is 0 Å². The highest BCUT2D eigenvalue weighted by molar-refractivity contribution is 7.19. The number of carbonyl (C=O) groups excluding carboxylic acids is 1. The van der Waals surface area contributed by atoms with Crippen molar-refractivity contribution >= 4 is 27.8 Å². The first-order valence-electron chi connectivity index (χ1n) is 6.10. The minimum atomic E-state index is -0.793. The molecule has 106 valence electrons. The number of Topliss-reactive ketones (excluding diaryl/α,β-unsaturated/α-hetero) is 1. The van der Waals surface area contributed by atoms with E-state index >= 15 is 0 Å². The highest BCUT2D eigenvalue weighted by Crippen LogP contribution is 2.46. The van der Waals surface area contributed by atoms with Gasteiger partial charge in [0.25, 0.3) is 0 Å². The van der Waals surface area contributed by atoms with Gasteiger partial charge in [-0.2, -0.15) is 0 Å². The molecule has 7 heteroatoms. The summed E-state index contributed by atoms with van der Waals surface area (Å²) in [5.74, 6) is 0.412. The number of β-amino-alcohol motifs (C(OH)–C–C–N with tert-alkyl or cyclic N) is 2. The Morgan fingerprint density at radius 2 is 2.05 bits per heavy atom. The lowest BCUT2D eigenvalue weighted by Gasteiger charge is -2.16. The van der Waals surface area contributed by atoms with Crippen molar-refractivity contribution in [3.63, 3.8) is 0 Å². The van der Waals surface area contributed by atoms with Gasteiger partial charge in [-0.15, -0.1) is 11.3 Å². The van der Waals surface area contributed by atoms with Crippen LogP contribution in [0.1, 0.15) is 23.0 Å². The molecule has 0 aliphatic carbocycles. The molecule has 2 atom stereocenters. The number of nitrogen functional groups attached to an aromatic ring is 1. The van der Waals surface area contributed by atoms with Crippen LogP contribution < -0.4 is 15.4 Å². The molecule has 1 fully saturated rings. The van der Waals surface area contributed by atoms with E-state index in [1.165, 1.54) is 18.4 Å². The molecule has 1 saturated heterocycles. The van der Waals surface area contributed by atoms with Crippen molar-refractivity contribution < 1.29 is 19.7 Å². The van der Waals surface area contributed by atoms with Crippen molar-refractivity contribution in [3.8, 4) is 5.75 Å². The van der Waals surface area contributed by atoms with Gasteiger partial charge < -0.3 is 25.6 Å². The van der Waals surface area contributed by atoms with E-state index in [1.54, 1.807) is 11.8 Å². The summed E-state index contributed by atoms with van der Waals surface area (Å²) in [5, 5.41) is 19.9. The Bertz CT molecular complexity index is 478. The Morgan fingerprint density at radius 1 is 1.47 bits per heavy atom. The Kier molecular flexibility index (Phi) is 3.98. The molecular weight excluding hydrogens is 268 g/mol. The Morgan fingerprint density at radius 3 is 2.53 bits per heavy atom. The SMILES string of the molecule is CCC(=O)c1sc(N2CC(O)C(O)C2)c(OC)c1N. The number of ether oxygens (including phenoxy) is 1. The van der Waals surface area contributed by atoms with Crippen LogP contribution in [0, 0.1) is 0 Å². The quantitative estimate of drug-likeness (QED) is 0.696. The summed E-state index contributed by atoms with van der Waals surface area (Å²) < 4.78 is 5.26. The van der Waals surface area contributed by atoms with Gasteiger partial charge in [-0.3, -0.25) is 4.79 Å². The molecule has 6 nitrogen and oxygen atoms in total. The molecule has 0 aromatic carbocycles. The van der Waals surface area contributed by atoms with Crippen LogP contribution in [-0.2, 0) is 0 Å². The third-order valence-electron chi connectivity index (χ3n) is 3.21. The molecule has 0 saturated carbocycles. The van der Waals surface area contributed by atoms with Crippen LogP contribution in [0.4, 0.5) is 10.7 Å². The van der Waals surface area contributed by atoms with E-state index in [1.807, 2.05) is 0 Å². The average molecular weight is 286 g/mol. The van der Waals surface area contributed by atoms with E-state index in [-0.39, 0.29) is 5.78 Å². The van der Waals surface area contributed by atoms with Gasteiger partial charge in [-0.25, -0.2) is 0 Å². The van der Waals surface area contributed by atoms with Crippen LogP contribution in [0.15, 0.2) is 0 Å². The lowest BCUT2D eigenvalue weighted by atomic mass is 10.2. The average Bonchev–Trinajstić information content (AvgIpc) is 2.89. The normalized spacial score (nSPS) is 22.8. The number of hydrogen-bond donors (Lipinski definition) is 3. The van der Waals surface area contributed by atoms with Gasteiger partial charge >= 0.3 is 0 Å². The number of hydrogen-bond acceptors (Lipinski definition) is 7. The lowest BCUT2D eigenvalue weighted by Crippen LogP contribution is -2.22. The summed E-state index contributed by atoms with van der Waals surface area (Å²) >= 11 is 1.25. The number of nitrogens with two attached hydrogens (primary N) is 1. The maximum absolute atomic E-state index is 11.8. The molecule has 19 heavy (non-hydrogen) atoms. The first-order valence-corrected chi connectivity index (χ1v) is 6.91. The molecule has 2 unspecified atom stereocenters. The predicted octanol–water partition coefficient (Wildman–Crippen LogP) is 0.473. The van der Waals surface area contributed by atoms with Crippen molar-refractivity contribution in [2.75, 3.05) is 30.8 Å². The summed E-state index contributed by atoms with van der Waals surface area (Å²) in [6.45, 7) is 2.38. The van der Waals surface area contributed by atoms with Crippen LogP contribution in [0.2, 0.25) is 0 Å². The second kappa shape index (κ2) is 5.36. The first kappa shape index (κ1) is 14.1. The van der Waals surface area contributed by atoms with Gasteiger partial charge in [-0.1, -0.05) is 6.92 Å². The van der Waals surface area contributed by atoms with E-state index in [0.29, 0.717) is 40.8 Å². The third kappa shape index (κ3) is 2.41. The summed E-state index contributed by atoms with van der Waals surface area (Å²) in [6.07, 6.45) is -1.21. The summed E-state index contributed by atoms with van der Waals surface area (Å²) in [6, 6.07) is 0. The van der Waals surface area contributed by atoms with Gasteiger partial charge in [0.1, 0.15) is 5.00 Å². The van der Waals surface area contributed by atoms with Gasteiger partial charge in [0.15, 0.2) is 11.5 Å². The molecule has 1 aromatic rings. The maximum Gasteiger partial charge on any atom is 0.177 e. The molecule has 2 heterocycles. The molecule has 1 aromatic heterocycles. The molecule has 1 aliphatic rings. The van der Waals surface area contributed by atoms with Gasteiger partial charge in [0, 0.05) is 19.5 Å². The molecule has 4 N–H and O–H groups in total. The Labute approximate surface area is 115 Å². The van der Waals surface area contributed by atoms with E-state index in [0.717, 1.165) is 0 Å². The second-order valence-electron chi connectivity index (χ2n) is 4.50. The number of nitrogens with zero attached hydrogens (tertiary/aromatic N) is 1. The fourth-order valence-electron chi connectivity index (χ4n) is 2.12. The summed E-state index contributed by atoms with van der Waals surface area (Å²) in [7, 11) is 1.49. The van der Waals surface area contributed by atoms with Gasteiger partial charge in [0.05, 0.1) is 29.9 Å². The van der Waals surface area contributed by atoms with Crippen LogP contribution in [-0.4, -0.2) is 48.4 Å². The van der Waals surface area contributed by atoms with Crippen LogP contribution in [0.5, 0.6) is 5.75 Å². The summed E-state index contributed by atoms with van der Waals surface area (Å²) in [4.78, 5) is 14.1. The van der Waals surface area contributed by atoms with E-state index in [4.69, 9.17) is 10.5 Å². The standard InChI is InChI=1S/C12H18N2O4S/c1-3-6(15)11-9(13)10(18-2)12(19-11)14-4-7(16)8(17)5-14/h7-8,16-17H,3-5,13H2,1-2H3.